The summed E-state index contributed by atoms with van der Waals surface area (Å²) >= 11 is 0. The maximum atomic E-state index is 5.57. The second-order valence-corrected chi connectivity index (χ2v) is 5.03. The SMILES string of the molecule is CCC1COCC(C)N1C(C)(C)C. The Hall–Kier alpha value is -0.0800. The topological polar surface area (TPSA) is 12.5 Å². The van der Waals surface area contributed by atoms with Crippen LogP contribution in [-0.2, 0) is 4.74 Å². The van der Waals surface area contributed by atoms with Crippen molar-refractivity contribution >= 4 is 0 Å². The van der Waals surface area contributed by atoms with Crippen LogP contribution < -0.4 is 0 Å². The molecule has 78 valence electrons. The zero-order valence-corrected chi connectivity index (χ0v) is 9.63. The van der Waals surface area contributed by atoms with Gasteiger partial charge in [-0.05, 0) is 34.1 Å². The van der Waals surface area contributed by atoms with Crippen LogP contribution in [0.1, 0.15) is 41.0 Å². The molecule has 1 saturated heterocycles. The van der Waals surface area contributed by atoms with Crippen LogP contribution in [0.2, 0.25) is 0 Å². The van der Waals surface area contributed by atoms with Crippen molar-refractivity contribution in [2.75, 3.05) is 13.2 Å². The predicted octanol–water partition coefficient (Wildman–Crippen LogP) is 2.28. The molecule has 0 N–H and O–H groups in total. The molecule has 1 rings (SSSR count). The highest BCUT2D eigenvalue weighted by molar-refractivity contribution is 4.88. The summed E-state index contributed by atoms with van der Waals surface area (Å²) in [5.41, 5.74) is 0.268. The third-order valence-corrected chi connectivity index (χ3v) is 2.78. The highest BCUT2D eigenvalue weighted by atomic mass is 16.5. The number of ether oxygens (including phenoxy) is 1. The molecule has 2 atom stereocenters. The maximum absolute atomic E-state index is 5.57. The fraction of sp³-hybridized carbons (Fsp3) is 1.00. The molecule has 1 aliphatic rings. The molecule has 2 heteroatoms. The Balaban J connectivity index is 2.73. The first kappa shape index (κ1) is 11.0. The molecule has 1 heterocycles. The molecular formula is C11H23NO. The van der Waals surface area contributed by atoms with Crippen molar-refractivity contribution in [1.29, 1.82) is 0 Å². The van der Waals surface area contributed by atoms with E-state index in [1.807, 2.05) is 0 Å². The molecule has 0 bridgehead atoms. The summed E-state index contributed by atoms with van der Waals surface area (Å²) in [4.78, 5) is 2.59. The van der Waals surface area contributed by atoms with Crippen LogP contribution in [0, 0.1) is 0 Å². The van der Waals surface area contributed by atoms with Crippen molar-refractivity contribution in [2.24, 2.45) is 0 Å². The van der Waals surface area contributed by atoms with E-state index in [9.17, 15) is 0 Å². The second kappa shape index (κ2) is 3.97. The van der Waals surface area contributed by atoms with Crippen LogP contribution in [0.25, 0.3) is 0 Å². The van der Waals surface area contributed by atoms with Gasteiger partial charge in [0.05, 0.1) is 13.2 Å². The molecule has 0 aromatic rings. The number of nitrogens with zero attached hydrogens (tertiary/aromatic N) is 1. The summed E-state index contributed by atoms with van der Waals surface area (Å²) in [7, 11) is 0. The Kier molecular flexibility index (Phi) is 3.36. The van der Waals surface area contributed by atoms with Crippen molar-refractivity contribution < 1.29 is 4.74 Å². The standard InChI is InChI=1S/C11H23NO/c1-6-10-8-13-7-9(2)12(10)11(3,4)5/h9-10H,6-8H2,1-5H3. The average Bonchev–Trinajstić information content (AvgIpc) is 2.01. The normalized spacial score (nSPS) is 32.1. The molecule has 0 amide bonds. The molecular weight excluding hydrogens is 162 g/mol. The van der Waals surface area contributed by atoms with Gasteiger partial charge in [-0.1, -0.05) is 6.92 Å². The Morgan fingerprint density at radius 3 is 2.31 bits per heavy atom. The Bertz CT molecular complexity index is 162. The molecule has 0 aromatic heterocycles. The van der Waals surface area contributed by atoms with Crippen molar-refractivity contribution in [1.82, 2.24) is 4.90 Å². The summed E-state index contributed by atoms with van der Waals surface area (Å²) in [6, 6.07) is 1.16. The maximum Gasteiger partial charge on any atom is 0.0622 e. The molecule has 1 fully saturated rings. The lowest BCUT2D eigenvalue weighted by Gasteiger charge is -2.48. The van der Waals surface area contributed by atoms with Crippen molar-refractivity contribution in [3.8, 4) is 0 Å². The van der Waals surface area contributed by atoms with Gasteiger partial charge in [-0.2, -0.15) is 0 Å². The summed E-state index contributed by atoms with van der Waals surface area (Å²) in [6.07, 6.45) is 1.18. The monoisotopic (exact) mass is 185 g/mol. The first-order valence-electron chi connectivity index (χ1n) is 5.33. The van der Waals surface area contributed by atoms with Gasteiger partial charge in [-0.25, -0.2) is 0 Å². The lowest BCUT2D eigenvalue weighted by atomic mass is 9.97. The number of rotatable bonds is 1. The van der Waals surface area contributed by atoms with Crippen molar-refractivity contribution in [3.63, 3.8) is 0 Å². The lowest BCUT2D eigenvalue weighted by Crippen LogP contribution is -2.58. The van der Waals surface area contributed by atoms with Gasteiger partial charge >= 0.3 is 0 Å². The van der Waals surface area contributed by atoms with Gasteiger partial charge in [-0.15, -0.1) is 0 Å². The van der Waals surface area contributed by atoms with Gasteiger partial charge in [0.1, 0.15) is 0 Å². The third kappa shape index (κ3) is 2.44. The average molecular weight is 185 g/mol. The van der Waals surface area contributed by atoms with E-state index < -0.39 is 0 Å². The fourth-order valence-corrected chi connectivity index (χ4v) is 2.42. The Morgan fingerprint density at radius 1 is 1.31 bits per heavy atom. The van der Waals surface area contributed by atoms with E-state index in [-0.39, 0.29) is 5.54 Å². The molecule has 13 heavy (non-hydrogen) atoms. The molecule has 0 aromatic carbocycles. The van der Waals surface area contributed by atoms with E-state index in [2.05, 4.69) is 39.5 Å². The quantitative estimate of drug-likeness (QED) is 0.621. The molecule has 1 aliphatic heterocycles. The van der Waals surface area contributed by atoms with Crippen LogP contribution in [0.15, 0.2) is 0 Å². The van der Waals surface area contributed by atoms with Crippen LogP contribution in [0.5, 0.6) is 0 Å². The molecule has 0 saturated carbocycles. The van der Waals surface area contributed by atoms with E-state index in [1.54, 1.807) is 0 Å². The van der Waals surface area contributed by atoms with Gasteiger partial charge in [0, 0.05) is 17.6 Å². The number of hydrogen-bond donors (Lipinski definition) is 0. The molecule has 2 nitrogen and oxygen atoms in total. The predicted molar refractivity (Wildman–Crippen MR) is 56.0 cm³/mol. The largest absolute Gasteiger partial charge is 0.378 e. The van der Waals surface area contributed by atoms with Gasteiger partial charge in [-0.3, -0.25) is 4.90 Å². The van der Waals surface area contributed by atoms with Gasteiger partial charge < -0.3 is 4.74 Å². The zero-order chi connectivity index (χ0) is 10.1. The van der Waals surface area contributed by atoms with Crippen LogP contribution in [0.3, 0.4) is 0 Å². The van der Waals surface area contributed by atoms with Crippen LogP contribution >= 0.6 is 0 Å². The van der Waals surface area contributed by atoms with E-state index in [0.29, 0.717) is 12.1 Å². The lowest BCUT2D eigenvalue weighted by molar-refractivity contribution is -0.0849. The summed E-state index contributed by atoms with van der Waals surface area (Å²) in [6.45, 7) is 13.1. The first-order valence-corrected chi connectivity index (χ1v) is 5.33. The molecule has 2 unspecified atom stereocenters. The second-order valence-electron chi connectivity index (χ2n) is 5.03. The van der Waals surface area contributed by atoms with Crippen LogP contribution in [-0.4, -0.2) is 35.7 Å². The van der Waals surface area contributed by atoms with Crippen molar-refractivity contribution in [2.45, 2.75) is 58.7 Å². The highest BCUT2D eigenvalue weighted by Gasteiger charge is 2.34. The minimum absolute atomic E-state index is 0.268. The Morgan fingerprint density at radius 2 is 1.92 bits per heavy atom. The molecule has 0 aliphatic carbocycles. The van der Waals surface area contributed by atoms with Gasteiger partial charge in [0.15, 0.2) is 0 Å². The van der Waals surface area contributed by atoms with Gasteiger partial charge in [0.2, 0.25) is 0 Å². The third-order valence-electron chi connectivity index (χ3n) is 2.78. The van der Waals surface area contributed by atoms with Crippen molar-refractivity contribution in [3.05, 3.63) is 0 Å². The summed E-state index contributed by atoms with van der Waals surface area (Å²) in [5, 5.41) is 0. The number of hydrogen-bond acceptors (Lipinski definition) is 2. The summed E-state index contributed by atoms with van der Waals surface area (Å²) < 4.78 is 5.57. The van der Waals surface area contributed by atoms with Crippen LogP contribution in [0.4, 0.5) is 0 Å². The molecule has 0 radical (unpaired) electrons. The fourth-order valence-electron chi connectivity index (χ4n) is 2.42. The van der Waals surface area contributed by atoms with E-state index in [1.165, 1.54) is 6.42 Å². The zero-order valence-electron chi connectivity index (χ0n) is 9.63. The Labute approximate surface area is 82.3 Å². The number of morpholine rings is 1. The van der Waals surface area contributed by atoms with Gasteiger partial charge in [0.25, 0.3) is 0 Å². The minimum Gasteiger partial charge on any atom is -0.378 e. The van der Waals surface area contributed by atoms with E-state index >= 15 is 0 Å². The minimum atomic E-state index is 0.268. The summed E-state index contributed by atoms with van der Waals surface area (Å²) in [5.74, 6) is 0. The highest BCUT2D eigenvalue weighted by Crippen LogP contribution is 2.25. The van der Waals surface area contributed by atoms with E-state index in [0.717, 1.165) is 13.2 Å². The molecule has 0 spiro atoms. The smallest absolute Gasteiger partial charge is 0.0622 e. The first-order chi connectivity index (χ1) is 5.96. The van der Waals surface area contributed by atoms with E-state index in [4.69, 9.17) is 4.74 Å².